The summed E-state index contributed by atoms with van der Waals surface area (Å²) in [6.07, 6.45) is -3.74. The van der Waals surface area contributed by atoms with Crippen molar-refractivity contribution in [3.63, 3.8) is 0 Å². The van der Waals surface area contributed by atoms with Crippen LogP contribution in [0.4, 0.5) is 13.2 Å². The van der Waals surface area contributed by atoms with Gasteiger partial charge in [0, 0.05) is 6.42 Å². The number of alkyl halides is 3. The standard InChI is InChI=1S/C16H19F3N2O2/c1-9(2)14(21-15(23)12-6-7-13(22)20-12)10-4-3-5-11(8-10)16(17,18)19/h3-5,8-9,12,14H,6-7H2,1-2H3,(H,20,22)(H,21,23)/t12-,14+/m1/s1. The molecule has 0 saturated carbocycles. The van der Waals surface area contributed by atoms with Crippen LogP contribution in [0.5, 0.6) is 0 Å². The lowest BCUT2D eigenvalue weighted by atomic mass is 9.94. The average Bonchev–Trinajstić information content (AvgIpc) is 2.90. The molecule has 126 valence electrons. The second-order valence-electron chi connectivity index (χ2n) is 6.01. The van der Waals surface area contributed by atoms with Gasteiger partial charge in [-0.1, -0.05) is 26.0 Å². The van der Waals surface area contributed by atoms with Gasteiger partial charge in [0.1, 0.15) is 6.04 Å². The number of amides is 2. The van der Waals surface area contributed by atoms with Gasteiger partial charge in [-0.25, -0.2) is 0 Å². The van der Waals surface area contributed by atoms with Crippen LogP contribution in [0.15, 0.2) is 24.3 Å². The molecular formula is C16H19F3N2O2. The third kappa shape index (κ3) is 4.24. The molecule has 0 aromatic heterocycles. The van der Waals surface area contributed by atoms with Crippen LogP contribution < -0.4 is 10.6 Å². The lowest BCUT2D eigenvalue weighted by Crippen LogP contribution is -2.44. The summed E-state index contributed by atoms with van der Waals surface area (Å²) in [5.74, 6) is -0.656. The molecule has 2 amide bonds. The van der Waals surface area contributed by atoms with E-state index in [4.69, 9.17) is 0 Å². The molecule has 0 radical (unpaired) electrons. The molecule has 1 saturated heterocycles. The minimum atomic E-state index is -4.43. The maximum absolute atomic E-state index is 12.8. The quantitative estimate of drug-likeness (QED) is 0.893. The van der Waals surface area contributed by atoms with Crippen LogP contribution in [-0.2, 0) is 15.8 Å². The Balaban J connectivity index is 2.18. The van der Waals surface area contributed by atoms with Gasteiger partial charge in [-0.3, -0.25) is 9.59 Å². The summed E-state index contributed by atoms with van der Waals surface area (Å²) in [7, 11) is 0. The monoisotopic (exact) mass is 328 g/mol. The summed E-state index contributed by atoms with van der Waals surface area (Å²) in [6, 6.07) is 3.78. The molecule has 1 aromatic carbocycles. The molecule has 1 fully saturated rings. The highest BCUT2D eigenvalue weighted by Gasteiger charge is 2.33. The van der Waals surface area contributed by atoms with Crippen LogP contribution >= 0.6 is 0 Å². The largest absolute Gasteiger partial charge is 0.416 e. The van der Waals surface area contributed by atoms with Gasteiger partial charge < -0.3 is 10.6 Å². The first-order valence-electron chi connectivity index (χ1n) is 7.45. The van der Waals surface area contributed by atoms with Crippen LogP contribution in [0.25, 0.3) is 0 Å². The zero-order valence-corrected chi connectivity index (χ0v) is 12.9. The molecule has 23 heavy (non-hydrogen) atoms. The molecule has 1 aliphatic heterocycles. The minimum absolute atomic E-state index is 0.0976. The second kappa shape index (κ2) is 6.60. The van der Waals surface area contributed by atoms with Crippen molar-refractivity contribution in [3.8, 4) is 0 Å². The third-order valence-corrected chi connectivity index (χ3v) is 3.85. The fourth-order valence-corrected chi connectivity index (χ4v) is 2.61. The van der Waals surface area contributed by atoms with Gasteiger partial charge in [0.2, 0.25) is 11.8 Å². The third-order valence-electron chi connectivity index (χ3n) is 3.85. The molecular weight excluding hydrogens is 309 g/mol. The van der Waals surface area contributed by atoms with Crippen LogP contribution in [0.1, 0.15) is 43.9 Å². The van der Waals surface area contributed by atoms with Crippen LogP contribution in [0.3, 0.4) is 0 Å². The molecule has 7 heteroatoms. The highest BCUT2D eigenvalue weighted by atomic mass is 19.4. The normalized spacial score (nSPS) is 19.6. The summed E-state index contributed by atoms with van der Waals surface area (Å²) in [4.78, 5) is 23.4. The number of halogens is 3. The zero-order chi connectivity index (χ0) is 17.2. The SMILES string of the molecule is CC(C)[C@H](NC(=O)[C@H]1CCC(=O)N1)c1cccc(C(F)(F)F)c1. The molecule has 0 bridgehead atoms. The van der Waals surface area contributed by atoms with E-state index in [1.165, 1.54) is 6.07 Å². The van der Waals surface area contributed by atoms with Crippen LogP contribution in [-0.4, -0.2) is 17.9 Å². The summed E-state index contributed by atoms with van der Waals surface area (Å²) in [5, 5.41) is 5.31. The smallest absolute Gasteiger partial charge is 0.347 e. The number of carbonyl (C=O) groups is 2. The van der Waals surface area contributed by atoms with E-state index >= 15 is 0 Å². The topological polar surface area (TPSA) is 58.2 Å². The molecule has 2 N–H and O–H groups in total. The Labute approximate surface area is 132 Å². The maximum Gasteiger partial charge on any atom is 0.416 e. The number of benzene rings is 1. The predicted molar refractivity (Wildman–Crippen MR) is 78.3 cm³/mol. The highest BCUT2D eigenvalue weighted by Crippen LogP contribution is 2.32. The highest BCUT2D eigenvalue weighted by molar-refractivity contribution is 5.90. The van der Waals surface area contributed by atoms with Crippen molar-refractivity contribution in [2.45, 2.75) is 44.9 Å². The maximum atomic E-state index is 12.8. The van der Waals surface area contributed by atoms with E-state index in [0.717, 1.165) is 12.1 Å². The molecule has 4 nitrogen and oxygen atoms in total. The van der Waals surface area contributed by atoms with Gasteiger partial charge >= 0.3 is 6.18 Å². The van der Waals surface area contributed by atoms with Crippen molar-refractivity contribution in [2.75, 3.05) is 0 Å². The Kier molecular flexibility index (Phi) is 4.97. The van der Waals surface area contributed by atoms with E-state index in [0.29, 0.717) is 12.0 Å². The van der Waals surface area contributed by atoms with E-state index in [2.05, 4.69) is 10.6 Å². The average molecular weight is 328 g/mol. The van der Waals surface area contributed by atoms with Gasteiger partial charge in [0.25, 0.3) is 0 Å². The lowest BCUT2D eigenvalue weighted by Gasteiger charge is -2.25. The molecule has 2 rings (SSSR count). The van der Waals surface area contributed by atoms with Crippen molar-refractivity contribution >= 4 is 11.8 Å². The summed E-state index contributed by atoms with van der Waals surface area (Å²) >= 11 is 0. The first-order valence-corrected chi connectivity index (χ1v) is 7.45. The molecule has 1 aromatic rings. The van der Waals surface area contributed by atoms with Gasteiger partial charge in [0.15, 0.2) is 0 Å². The molecule has 0 unspecified atom stereocenters. The number of hydrogen-bond acceptors (Lipinski definition) is 2. The molecule has 0 aliphatic carbocycles. The molecule has 2 atom stereocenters. The number of rotatable bonds is 4. The Bertz CT molecular complexity index is 599. The van der Waals surface area contributed by atoms with E-state index in [-0.39, 0.29) is 24.2 Å². The summed E-state index contributed by atoms with van der Waals surface area (Å²) < 4.78 is 38.5. The van der Waals surface area contributed by atoms with E-state index in [9.17, 15) is 22.8 Å². The summed E-state index contributed by atoms with van der Waals surface area (Å²) in [6.45, 7) is 3.64. The first-order chi connectivity index (χ1) is 10.7. The van der Waals surface area contributed by atoms with Crippen molar-refractivity contribution in [1.29, 1.82) is 0 Å². The van der Waals surface area contributed by atoms with E-state index in [1.807, 2.05) is 13.8 Å². The Morgan fingerprint density at radius 3 is 2.57 bits per heavy atom. The van der Waals surface area contributed by atoms with Crippen LogP contribution in [0, 0.1) is 5.92 Å². The fourth-order valence-electron chi connectivity index (χ4n) is 2.61. The van der Waals surface area contributed by atoms with Crippen molar-refractivity contribution < 1.29 is 22.8 Å². The second-order valence-corrected chi connectivity index (χ2v) is 6.01. The van der Waals surface area contributed by atoms with Gasteiger partial charge in [-0.05, 0) is 30.0 Å². The van der Waals surface area contributed by atoms with Crippen molar-refractivity contribution in [2.24, 2.45) is 5.92 Å². The first kappa shape index (κ1) is 17.3. The van der Waals surface area contributed by atoms with Crippen molar-refractivity contribution in [3.05, 3.63) is 35.4 Å². The van der Waals surface area contributed by atoms with Gasteiger partial charge in [-0.2, -0.15) is 13.2 Å². The Hall–Kier alpha value is -2.05. The number of carbonyl (C=O) groups excluding carboxylic acids is 2. The van der Waals surface area contributed by atoms with Gasteiger partial charge in [-0.15, -0.1) is 0 Å². The minimum Gasteiger partial charge on any atom is -0.347 e. The van der Waals surface area contributed by atoms with Gasteiger partial charge in [0.05, 0.1) is 11.6 Å². The van der Waals surface area contributed by atoms with E-state index < -0.39 is 23.8 Å². The predicted octanol–water partition coefficient (Wildman–Crippen LogP) is 2.80. The number of nitrogens with one attached hydrogen (secondary N) is 2. The summed E-state index contributed by atoms with van der Waals surface area (Å²) in [5.41, 5.74) is -0.350. The molecule has 1 heterocycles. The van der Waals surface area contributed by atoms with E-state index in [1.54, 1.807) is 6.07 Å². The van der Waals surface area contributed by atoms with Crippen molar-refractivity contribution in [1.82, 2.24) is 10.6 Å². The Morgan fingerprint density at radius 2 is 2.04 bits per heavy atom. The zero-order valence-electron chi connectivity index (χ0n) is 12.9. The lowest BCUT2D eigenvalue weighted by molar-refractivity contribution is -0.137. The molecule has 1 aliphatic rings. The number of hydrogen-bond donors (Lipinski definition) is 2. The van der Waals surface area contributed by atoms with Crippen LogP contribution in [0.2, 0.25) is 0 Å². The Morgan fingerprint density at radius 1 is 1.35 bits per heavy atom. The molecule has 0 spiro atoms. The fraction of sp³-hybridized carbons (Fsp3) is 0.500.